The maximum atomic E-state index is 8.83. The predicted molar refractivity (Wildman–Crippen MR) is 58.8 cm³/mol. The van der Waals surface area contributed by atoms with Gasteiger partial charge in [-0.25, -0.2) is 0 Å². The van der Waals surface area contributed by atoms with Crippen LogP contribution in [0, 0.1) is 5.92 Å². The molecule has 0 amide bonds. The molecule has 0 atom stereocenters. The first-order valence-corrected chi connectivity index (χ1v) is 5.96. The number of hydrogen-bond donors (Lipinski definition) is 1. The standard InChI is InChI=1S/C11H19N3O2/c1-2-14-5-3-9(4-6-14)7-11-12-10(8-15)13-16-11/h9,15H,2-8H2,1H3. The molecule has 5 nitrogen and oxygen atoms in total. The predicted octanol–water partition coefficient (Wildman–Crippen LogP) is 0.836. The van der Waals surface area contributed by atoms with Crippen molar-refractivity contribution in [3.8, 4) is 0 Å². The number of piperidine rings is 1. The fourth-order valence-corrected chi connectivity index (χ4v) is 2.19. The lowest BCUT2D eigenvalue weighted by atomic mass is 9.93. The monoisotopic (exact) mass is 225 g/mol. The molecule has 1 saturated heterocycles. The zero-order chi connectivity index (χ0) is 11.4. The van der Waals surface area contributed by atoms with Crippen molar-refractivity contribution in [3.63, 3.8) is 0 Å². The van der Waals surface area contributed by atoms with Gasteiger partial charge in [0.1, 0.15) is 6.61 Å². The highest BCUT2D eigenvalue weighted by atomic mass is 16.5. The number of hydrogen-bond acceptors (Lipinski definition) is 5. The fourth-order valence-electron chi connectivity index (χ4n) is 2.19. The van der Waals surface area contributed by atoms with E-state index in [9.17, 15) is 0 Å². The third kappa shape index (κ3) is 2.80. The molecule has 5 heteroatoms. The summed E-state index contributed by atoms with van der Waals surface area (Å²) in [7, 11) is 0. The van der Waals surface area contributed by atoms with Crippen molar-refractivity contribution >= 4 is 0 Å². The highest BCUT2D eigenvalue weighted by molar-refractivity contribution is 4.87. The lowest BCUT2D eigenvalue weighted by molar-refractivity contribution is 0.184. The van der Waals surface area contributed by atoms with Crippen LogP contribution in [0.1, 0.15) is 31.5 Å². The van der Waals surface area contributed by atoms with Crippen molar-refractivity contribution in [1.29, 1.82) is 0 Å². The van der Waals surface area contributed by atoms with Gasteiger partial charge in [0, 0.05) is 6.42 Å². The number of aliphatic hydroxyl groups excluding tert-OH is 1. The van der Waals surface area contributed by atoms with Crippen LogP contribution in [0.4, 0.5) is 0 Å². The van der Waals surface area contributed by atoms with Crippen LogP contribution < -0.4 is 0 Å². The van der Waals surface area contributed by atoms with E-state index in [0.29, 0.717) is 17.6 Å². The van der Waals surface area contributed by atoms with Crippen LogP contribution in [0.5, 0.6) is 0 Å². The Bertz CT molecular complexity index is 319. The molecule has 1 N–H and O–H groups in total. The molecule has 0 bridgehead atoms. The van der Waals surface area contributed by atoms with Crippen LogP contribution in [0.15, 0.2) is 4.52 Å². The maximum absolute atomic E-state index is 8.83. The molecule has 0 spiro atoms. The number of aliphatic hydroxyl groups is 1. The minimum Gasteiger partial charge on any atom is -0.388 e. The molecule has 1 aliphatic rings. The first kappa shape index (κ1) is 11.5. The first-order valence-electron chi connectivity index (χ1n) is 5.96. The van der Waals surface area contributed by atoms with Crippen LogP contribution in [-0.2, 0) is 13.0 Å². The van der Waals surface area contributed by atoms with E-state index in [1.54, 1.807) is 0 Å². The SMILES string of the molecule is CCN1CCC(Cc2nc(CO)no2)CC1. The molecular formula is C11H19N3O2. The van der Waals surface area contributed by atoms with E-state index in [1.165, 1.54) is 25.9 Å². The van der Waals surface area contributed by atoms with E-state index >= 15 is 0 Å². The first-order chi connectivity index (χ1) is 7.81. The molecule has 1 fully saturated rings. The van der Waals surface area contributed by atoms with Gasteiger partial charge in [-0.15, -0.1) is 0 Å². The minimum atomic E-state index is -0.141. The average Bonchev–Trinajstić information content (AvgIpc) is 2.78. The third-order valence-electron chi connectivity index (χ3n) is 3.27. The van der Waals surface area contributed by atoms with Gasteiger partial charge in [0.2, 0.25) is 5.89 Å². The second kappa shape index (κ2) is 5.41. The van der Waals surface area contributed by atoms with Gasteiger partial charge in [-0.2, -0.15) is 4.98 Å². The summed E-state index contributed by atoms with van der Waals surface area (Å²) in [5.41, 5.74) is 0. The zero-order valence-electron chi connectivity index (χ0n) is 9.72. The van der Waals surface area contributed by atoms with Crippen molar-refractivity contribution in [1.82, 2.24) is 15.0 Å². The number of nitrogens with zero attached hydrogens (tertiary/aromatic N) is 3. The van der Waals surface area contributed by atoms with Crippen molar-refractivity contribution in [2.75, 3.05) is 19.6 Å². The molecular weight excluding hydrogens is 206 g/mol. The molecule has 0 unspecified atom stereocenters. The quantitative estimate of drug-likeness (QED) is 0.822. The Morgan fingerprint density at radius 2 is 2.19 bits per heavy atom. The smallest absolute Gasteiger partial charge is 0.227 e. The van der Waals surface area contributed by atoms with E-state index in [4.69, 9.17) is 9.63 Å². The molecule has 0 saturated carbocycles. The topological polar surface area (TPSA) is 62.4 Å². The number of rotatable bonds is 4. The van der Waals surface area contributed by atoms with Gasteiger partial charge in [0.25, 0.3) is 0 Å². The number of likely N-dealkylation sites (tertiary alicyclic amines) is 1. The normalized spacial score (nSPS) is 19.1. The van der Waals surface area contributed by atoms with Crippen molar-refractivity contribution in [3.05, 3.63) is 11.7 Å². The van der Waals surface area contributed by atoms with Crippen LogP contribution >= 0.6 is 0 Å². The Kier molecular flexibility index (Phi) is 3.90. The Balaban J connectivity index is 1.82. The molecule has 16 heavy (non-hydrogen) atoms. The van der Waals surface area contributed by atoms with E-state index in [2.05, 4.69) is 22.0 Å². The minimum absolute atomic E-state index is 0.141. The molecule has 0 aromatic carbocycles. The van der Waals surface area contributed by atoms with Crippen LogP contribution in [0.3, 0.4) is 0 Å². The van der Waals surface area contributed by atoms with Crippen molar-refractivity contribution < 1.29 is 9.63 Å². The van der Waals surface area contributed by atoms with Crippen molar-refractivity contribution in [2.45, 2.75) is 32.8 Å². The highest BCUT2D eigenvalue weighted by Gasteiger charge is 2.20. The molecule has 1 aromatic heterocycles. The van der Waals surface area contributed by atoms with Gasteiger partial charge in [-0.3, -0.25) is 0 Å². The summed E-state index contributed by atoms with van der Waals surface area (Å²) >= 11 is 0. The average molecular weight is 225 g/mol. The summed E-state index contributed by atoms with van der Waals surface area (Å²) in [4.78, 5) is 6.58. The molecule has 90 valence electrons. The van der Waals surface area contributed by atoms with Gasteiger partial charge in [-0.05, 0) is 38.4 Å². The molecule has 0 aliphatic carbocycles. The third-order valence-corrected chi connectivity index (χ3v) is 3.27. The lowest BCUT2D eigenvalue weighted by Gasteiger charge is -2.30. The van der Waals surface area contributed by atoms with Crippen LogP contribution in [0.25, 0.3) is 0 Å². The summed E-state index contributed by atoms with van der Waals surface area (Å²) in [5, 5.41) is 12.5. The van der Waals surface area contributed by atoms with Gasteiger partial charge >= 0.3 is 0 Å². The summed E-state index contributed by atoms with van der Waals surface area (Å²) in [5.74, 6) is 1.70. The molecule has 2 rings (SSSR count). The Morgan fingerprint density at radius 3 is 2.75 bits per heavy atom. The number of aromatic nitrogens is 2. The van der Waals surface area contributed by atoms with Crippen molar-refractivity contribution in [2.24, 2.45) is 5.92 Å². The van der Waals surface area contributed by atoms with Gasteiger partial charge < -0.3 is 14.5 Å². The molecule has 1 aromatic rings. The Hall–Kier alpha value is -0.940. The second-order valence-electron chi connectivity index (χ2n) is 4.34. The van der Waals surface area contributed by atoms with E-state index in [1.807, 2.05) is 0 Å². The van der Waals surface area contributed by atoms with Crippen LogP contribution in [0.2, 0.25) is 0 Å². The maximum Gasteiger partial charge on any atom is 0.227 e. The van der Waals surface area contributed by atoms with Crippen LogP contribution in [-0.4, -0.2) is 39.8 Å². The summed E-state index contributed by atoms with van der Waals surface area (Å²) in [6.45, 7) is 5.54. The van der Waals surface area contributed by atoms with E-state index < -0.39 is 0 Å². The fraction of sp³-hybridized carbons (Fsp3) is 0.818. The molecule has 1 aliphatic heterocycles. The molecule has 0 radical (unpaired) electrons. The largest absolute Gasteiger partial charge is 0.388 e. The zero-order valence-corrected chi connectivity index (χ0v) is 9.72. The van der Waals surface area contributed by atoms with Gasteiger partial charge in [0.05, 0.1) is 0 Å². The van der Waals surface area contributed by atoms with Gasteiger partial charge in [-0.1, -0.05) is 12.1 Å². The summed E-state index contributed by atoms with van der Waals surface area (Å²) in [6.07, 6.45) is 3.25. The molecule has 2 heterocycles. The van der Waals surface area contributed by atoms with E-state index in [0.717, 1.165) is 13.0 Å². The highest BCUT2D eigenvalue weighted by Crippen LogP contribution is 2.20. The van der Waals surface area contributed by atoms with E-state index in [-0.39, 0.29) is 6.61 Å². The lowest BCUT2D eigenvalue weighted by Crippen LogP contribution is -2.34. The Labute approximate surface area is 95.4 Å². The Morgan fingerprint density at radius 1 is 1.44 bits per heavy atom. The second-order valence-corrected chi connectivity index (χ2v) is 4.34. The summed E-state index contributed by atoms with van der Waals surface area (Å²) in [6, 6.07) is 0. The van der Waals surface area contributed by atoms with Gasteiger partial charge in [0.15, 0.2) is 5.82 Å². The summed E-state index contributed by atoms with van der Waals surface area (Å²) < 4.78 is 5.08.